The largest absolute Gasteiger partial charge is 0.325 e. The molecular weight excluding hydrogens is 266 g/mol. The molecule has 3 saturated carbocycles. The quantitative estimate of drug-likeness (QED) is 0.847. The molecule has 3 aliphatic carbocycles. The zero-order valence-electron chi connectivity index (χ0n) is 11.6. The Morgan fingerprint density at radius 3 is 2.55 bits per heavy atom. The summed E-state index contributed by atoms with van der Waals surface area (Å²) in [6.07, 6.45) is 6.58. The number of nitrogens with two attached hydrogens (primary N) is 2. The van der Waals surface area contributed by atoms with Gasteiger partial charge in [0.15, 0.2) is 0 Å². The summed E-state index contributed by atoms with van der Waals surface area (Å²) in [7, 11) is 0. The molecule has 2 aromatic rings. The summed E-state index contributed by atoms with van der Waals surface area (Å²) >= 11 is 1.77. The molecule has 0 radical (unpaired) electrons. The van der Waals surface area contributed by atoms with Gasteiger partial charge in [-0.15, -0.1) is 11.3 Å². The highest BCUT2D eigenvalue weighted by molar-refractivity contribution is 7.18. The van der Waals surface area contributed by atoms with Crippen LogP contribution in [0.25, 0.3) is 10.2 Å². The van der Waals surface area contributed by atoms with Gasteiger partial charge in [0.25, 0.3) is 0 Å². The molecule has 5 rings (SSSR count). The van der Waals surface area contributed by atoms with Gasteiger partial charge in [0.05, 0.1) is 15.8 Å². The second-order valence-corrected chi connectivity index (χ2v) is 7.69. The van der Waals surface area contributed by atoms with Crippen LogP contribution in [0, 0.1) is 5.92 Å². The highest BCUT2D eigenvalue weighted by Gasteiger charge is 2.48. The predicted octanol–water partition coefficient (Wildman–Crippen LogP) is 3.13. The van der Waals surface area contributed by atoms with E-state index < -0.39 is 0 Å². The summed E-state index contributed by atoms with van der Waals surface area (Å²) in [5.41, 5.74) is 14.2. The van der Waals surface area contributed by atoms with Crippen molar-refractivity contribution in [2.24, 2.45) is 17.4 Å². The van der Waals surface area contributed by atoms with Crippen molar-refractivity contribution >= 4 is 21.6 Å². The van der Waals surface area contributed by atoms with Crippen LogP contribution in [-0.4, -0.2) is 10.5 Å². The van der Waals surface area contributed by atoms with Crippen LogP contribution in [0.5, 0.6) is 0 Å². The van der Waals surface area contributed by atoms with Crippen LogP contribution >= 0.6 is 11.3 Å². The summed E-state index contributed by atoms with van der Waals surface area (Å²) in [6.45, 7) is 0. The fraction of sp³-hybridized carbons (Fsp3) is 0.562. The maximum atomic E-state index is 6.88. The Labute approximate surface area is 123 Å². The van der Waals surface area contributed by atoms with E-state index in [1.54, 1.807) is 11.3 Å². The Hall–Kier alpha value is -0.970. The maximum absolute atomic E-state index is 6.88. The number of hydrogen-bond acceptors (Lipinski definition) is 4. The lowest BCUT2D eigenvalue weighted by Crippen LogP contribution is -2.44. The van der Waals surface area contributed by atoms with Gasteiger partial charge < -0.3 is 11.5 Å². The minimum absolute atomic E-state index is 0.0360. The van der Waals surface area contributed by atoms with E-state index in [9.17, 15) is 0 Å². The van der Waals surface area contributed by atoms with E-state index in [0.29, 0.717) is 5.92 Å². The molecule has 1 atom stereocenters. The van der Waals surface area contributed by atoms with Crippen LogP contribution in [0.1, 0.15) is 43.5 Å². The van der Waals surface area contributed by atoms with Gasteiger partial charge in [-0.25, -0.2) is 4.98 Å². The van der Waals surface area contributed by atoms with Crippen LogP contribution in [-0.2, 0) is 5.54 Å². The van der Waals surface area contributed by atoms with Crippen molar-refractivity contribution in [1.29, 1.82) is 0 Å². The second-order valence-electron chi connectivity index (χ2n) is 6.66. The van der Waals surface area contributed by atoms with Crippen molar-refractivity contribution in [3.63, 3.8) is 0 Å². The monoisotopic (exact) mass is 287 g/mol. The first-order valence-electron chi connectivity index (χ1n) is 7.53. The Balaban J connectivity index is 1.79. The van der Waals surface area contributed by atoms with E-state index in [1.807, 2.05) is 6.07 Å². The van der Waals surface area contributed by atoms with Gasteiger partial charge in [-0.2, -0.15) is 0 Å². The van der Waals surface area contributed by atoms with Crippen molar-refractivity contribution in [1.82, 2.24) is 4.98 Å². The average Bonchev–Trinajstić information content (AvgIpc) is 2.80. The number of fused-ring (bicyclic) bond motifs is 5. The molecule has 3 fully saturated rings. The number of benzene rings is 1. The molecule has 1 heterocycles. The van der Waals surface area contributed by atoms with Crippen molar-refractivity contribution in [3.05, 3.63) is 29.3 Å². The summed E-state index contributed by atoms with van der Waals surface area (Å²) in [5.74, 6) is 0.544. The first-order valence-corrected chi connectivity index (χ1v) is 8.35. The lowest BCUT2D eigenvalue weighted by atomic mass is 9.74. The Bertz CT molecular complexity index is 609. The van der Waals surface area contributed by atoms with Crippen molar-refractivity contribution < 1.29 is 0 Å². The lowest BCUT2D eigenvalue weighted by Gasteiger charge is -2.37. The maximum Gasteiger partial charge on any atom is 0.114 e. The van der Waals surface area contributed by atoms with Crippen molar-refractivity contribution in [2.45, 2.75) is 49.6 Å². The average molecular weight is 287 g/mol. The van der Waals surface area contributed by atoms with Gasteiger partial charge >= 0.3 is 0 Å². The van der Waals surface area contributed by atoms with Gasteiger partial charge in [0.2, 0.25) is 0 Å². The Kier molecular flexibility index (Phi) is 2.72. The SMILES string of the molecule is NC12CCC(CC1)C(N)(c1nc3ccccc3s1)CC2. The standard InChI is InChI=1S/C16H21N3S/c17-15-7-5-11(6-8-15)16(18,10-9-15)14-19-12-3-1-2-4-13(12)20-14/h1-4,11H,5-10,17-18H2. The first-order chi connectivity index (χ1) is 9.59. The molecule has 0 amide bonds. The van der Waals surface area contributed by atoms with Crippen LogP contribution in [0.3, 0.4) is 0 Å². The van der Waals surface area contributed by atoms with Crippen LogP contribution < -0.4 is 11.5 Å². The third-order valence-corrected chi connectivity index (χ3v) is 6.67. The molecular formula is C16H21N3S. The summed E-state index contributed by atoms with van der Waals surface area (Å²) in [5, 5.41) is 1.12. The van der Waals surface area contributed by atoms with Gasteiger partial charge in [0.1, 0.15) is 5.01 Å². The smallest absolute Gasteiger partial charge is 0.114 e. The van der Waals surface area contributed by atoms with E-state index in [4.69, 9.17) is 16.5 Å². The number of thiazole rings is 1. The number of para-hydroxylation sites is 1. The van der Waals surface area contributed by atoms with Gasteiger partial charge in [-0.05, 0) is 56.6 Å². The number of hydrogen-bond donors (Lipinski definition) is 2. The third-order valence-electron chi connectivity index (χ3n) is 5.44. The molecule has 3 aliphatic rings. The van der Waals surface area contributed by atoms with E-state index in [0.717, 1.165) is 49.0 Å². The Morgan fingerprint density at radius 2 is 1.80 bits per heavy atom. The van der Waals surface area contributed by atoms with E-state index in [-0.39, 0.29) is 11.1 Å². The van der Waals surface area contributed by atoms with Crippen LogP contribution in [0.4, 0.5) is 0 Å². The molecule has 1 unspecified atom stereocenters. The first kappa shape index (κ1) is 12.7. The van der Waals surface area contributed by atoms with Gasteiger partial charge in [-0.1, -0.05) is 12.1 Å². The topological polar surface area (TPSA) is 64.9 Å². The predicted molar refractivity (Wildman–Crippen MR) is 83.6 cm³/mol. The zero-order chi connectivity index (χ0) is 13.8. The highest BCUT2D eigenvalue weighted by atomic mass is 32.1. The highest BCUT2D eigenvalue weighted by Crippen LogP contribution is 2.50. The normalized spacial score (nSPS) is 37.2. The van der Waals surface area contributed by atoms with Crippen LogP contribution in [0.15, 0.2) is 24.3 Å². The second kappa shape index (κ2) is 4.26. The van der Waals surface area contributed by atoms with Crippen LogP contribution in [0.2, 0.25) is 0 Å². The number of rotatable bonds is 1. The summed E-state index contributed by atoms with van der Waals surface area (Å²) in [4.78, 5) is 4.84. The molecule has 106 valence electrons. The molecule has 2 bridgehead atoms. The minimum Gasteiger partial charge on any atom is -0.325 e. The molecule has 0 spiro atoms. The molecule has 0 aliphatic heterocycles. The van der Waals surface area contributed by atoms with Gasteiger partial charge in [0, 0.05) is 5.54 Å². The summed E-state index contributed by atoms with van der Waals surface area (Å²) < 4.78 is 1.24. The summed E-state index contributed by atoms with van der Waals surface area (Å²) in [6, 6.07) is 8.33. The Morgan fingerprint density at radius 1 is 1.05 bits per heavy atom. The fourth-order valence-corrected chi connectivity index (χ4v) is 5.15. The fourth-order valence-electron chi connectivity index (χ4n) is 3.97. The molecule has 0 saturated heterocycles. The van der Waals surface area contributed by atoms with E-state index >= 15 is 0 Å². The van der Waals surface area contributed by atoms with Crippen molar-refractivity contribution in [2.75, 3.05) is 0 Å². The number of nitrogens with zero attached hydrogens (tertiary/aromatic N) is 1. The van der Waals surface area contributed by atoms with Crippen molar-refractivity contribution in [3.8, 4) is 0 Å². The lowest BCUT2D eigenvalue weighted by molar-refractivity contribution is 0.208. The van der Waals surface area contributed by atoms with E-state index in [1.165, 1.54) is 4.70 Å². The molecule has 1 aromatic carbocycles. The molecule has 3 nitrogen and oxygen atoms in total. The molecule has 4 N–H and O–H groups in total. The zero-order valence-corrected chi connectivity index (χ0v) is 12.5. The van der Waals surface area contributed by atoms with E-state index in [2.05, 4.69) is 18.2 Å². The molecule has 1 aromatic heterocycles. The molecule has 20 heavy (non-hydrogen) atoms. The third kappa shape index (κ3) is 1.82. The minimum atomic E-state index is -0.263. The number of aromatic nitrogens is 1. The van der Waals surface area contributed by atoms with Gasteiger partial charge in [-0.3, -0.25) is 0 Å². The molecule has 4 heteroatoms.